The first-order chi connectivity index (χ1) is 11.1. The Morgan fingerprint density at radius 1 is 1.17 bits per heavy atom. The van der Waals surface area contributed by atoms with Gasteiger partial charge >= 0.3 is 0 Å². The minimum absolute atomic E-state index is 0.498. The first-order valence-electron chi connectivity index (χ1n) is 9.06. The number of benzene rings is 1. The highest BCUT2D eigenvalue weighted by atomic mass is 15.2. The molecule has 0 amide bonds. The molecule has 4 nitrogen and oxygen atoms in total. The Balaban J connectivity index is 1.60. The van der Waals surface area contributed by atoms with Crippen molar-refractivity contribution < 1.29 is 0 Å². The first-order valence-corrected chi connectivity index (χ1v) is 9.06. The maximum atomic E-state index is 6.12. The van der Waals surface area contributed by atoms with Crippen molar-refractivity contribution in [3.63, 3.8) is 0 Å². The van der Waals surface area contributed by atoms with E-state index in [1.807, 2.05) is 0 Å². The van der Waals surface area contributed by atoms with Gasteiger partial charge in [0, 0.05) is 11.7 Å². The number of aryl methyl sites for hydroxylation is 2. The Bertz CT molecular complexity index is 558. The fourth-order valence-corrected chi connectivity index (χ4v) is 3.85. The Labute approximate surface area is 140 Å². The van der Waals surface area contributed by atoms with Crippen LogP contribution in [0.5, 0.6) is 0 Å². The van der Waals surface area contributed by atoms with Crippen LogP contribution < -0.4 is 11.1 Å². The Hall–Kier alpha value is -1.55. The fourth-order valence-electron chi connectivity index (χ4n) is 3.85. The predicted octanol–water partition coefficient (Wildman–Crippen LogP) is 3.02. The molecule has 1 atom stereocenters. The molecule has 0 bridgehead atoms. The molecule has 3 N–H and O–H groups in total. The molecule has 0 spiro atoms. The van der Waals surface area contributed by atoms with Crippen molar-refractivity contribution in [2.45, 2.75) is 52.0 Å². The van der Waals surface area contributed by atoms with Crippen LogP contribution in [-0.2, 0) is 12.8 Å². The Morgan fingerprint density at radius 2 is 1.91 bits per heavy atom. The molecule has 1 aliphatic carbocycles. The lowest BCUT2D eigenvalue weighted by Crippen LogP contribution is -2.40. The number of rotatable bonds is 5. The van der Waals surface area contributed by atoms with Gasteiger partial charge in [0.2, 0.25) is 0 Å². The summed E-state index contributed by atoms with van der Waals surface area (Å²) in [7, 11) is 0. The molecule has 0 aromatic heterocycles. The van der Waals surface area contributed by atoms with Gasteiger partial charge in [-0.3, -0.25) is 9.89 Å². The first kappa shape index (κ1) is 16.3. The number of guanidine groups is 1. The van der Waals surface area contributed by atoms with E-state index in [4.69, 9.17) is 5.73 Å². The number of nitrogens with two attached hydrogens (primary N) is 1. The molecule has 1 aliphatic heterocycles. The molecule has 1 aromatic rings. The van der Waals surface area contributed by atoms with Crippen molar-refractivity contribution in [2.75, 3.05) is 25.0 Å². The molecule has 23 heavy (non-hydrogen) atoms. The van der Waals surface area contributed by atoms with Crippen LogP contribution in [0.3, 0.4) is 0 Å². The van der Waals surface area contributed by atoms with Crippen molar-refractivity contribution in [3.05, 3.63) is 29.3 Å². The molecular weight excluding hydrogens is 284 g/mol. The molecule has 1 aromatic carbocycles. The summed E-state index contributed by atoms with van der Waals surface area (Å²) in [5.41, 5.74) is 10.1. The highest BCUT2D eigenvalue weighted by molar-refractivity contribution is 5.92. The molecule has 0 radical (unpaired) electrons. The van der Waals surface area contributed by atoms with E-state index in [1.54, 1.807) is 0 Å². The van der Waals surface area contributed by atoms with E-state index in [2.05, 4.69) is 47.3 Å². The second-order valence-corrected chi connectivity index (χ2v) is 7.24. The highest BCUT2D eigenvalue weighted by Crippen LogP contribution is 2.24. The monoisotopic (exact) mass is 314 g/mol. The molecule has 2 aliphatic rings. The molecule has 1 saturated heterocycles. The van der Waals surface area contributed by atoms with Gasteiger partial charge in [0.1, 0.15) is 0 Å². The van der Waals surface area contributed by atoms with Gasteiger partial charge in [-0.15, -0.1) is 0 Å². The van der Waals surface area contributed by atoms with Gasteiger partial charge in [-0.05, 0) is 74.4 Å². The van der Waals surface area contributed by atoms with Crippen LogP contribution >= 0.6 is 0 Å². The van der Waals surface area contributed by atoms with Gasteiger partial charge in [0.15, 0.2) is 5.96 Å². The molecule has 1 unspecified atom stereocenters. The highest BCUT2D eigenvalue weighted by Gasteiger charge is 2.24. The predicted molar refractivity (Wildman–Crippen MR) is 98.0 cm³/mol. The van der Waals surface area contributed by atoms with Crippen LogP contribution in [0, 0.1) is 5.92 Å². The maximum absolute atomic E-state index is 6.12. The largest absolute Gasteiger partial charge is 0.370 e. The maximum Gasteiger partial charge on any atom is 0.193 e. The van der Waals surface area contributed by atoms with Crippen molar-refractivity contribution in [1.29, 1.82) is 0 Å². The molecule has 4 heteroatoms. The summed E-state index contributed by atoms with van der Waals surface area (Å²) in [6.45, 7) is 7.75. The molecular formula is C19H30N4. The lowest BCUT2D eigenvalue weighted by Gasteiger charge is -2.29. The summed E-state index contributed by atoms with van der Waals surface area (Å²) in [4.78, 5) is 7.19. The molecule has 126 valence electrons. The number of nitrogens with one attached hydrogen (secondary N) is 1. The smallest absolute Gasteiger partial charge is 0.193 e. The number of nitrogens with zero attached hydrogens (tertiary/aromatic N) is 2. The lowest BCUT2D eigenvalue weighted by atomic mass is 10.0. The number of fused-ring (bicyclic) bond motifs is 1. The third-order valence-corrected chi connectivity index (χ3v) is 5.20. The van der Waals surface area contributed by atoms with Gasteiger partial charge in [0.25, 0.3) is 0 Å². The third-order valence-electron chi connectivity index (χ3n) is 5.20. The van der Waals surface area contributed by atoms with E-state index in [0.717, 1.165) is 12.2 Å². The van der Waals surface area contributed by atoms with E-state index < -0.39 is 0 Å². The zero-order valence-corrected chi connectivity index (χ0v) is 14.5. The summed E-state index contributed by atoms with van der Waals surface area (Å²) in [6.07, 6.45) is 6.30. The van der Waals surface area contributed by atoms with Crippen LogP contribution in [0.15, 0.2) is 23.2 Å². The van der Waals surface area contributed by atoms with Gasteiger partial charge in [0.05, 0.1) is 6.54 Å². The van der Waals surface area contributed by atoms with E-state index in [9.17, 15) is 0 Å². The minimum atomic E-state index is 0.498. The van der Waals surface area contributed by atoms with Crippen LogP contribution in [0.2, 0.25) is 0 Å². The average molecular weight is 314 g/mol. The van der Waals surface area contributed by atoms with Gasteiger partial charge < -0.3 is 11.1 Å². The summed E-state index contributed by atoms with van der Waals surface area (Å²) < 4.78 is 0. The lowest BCUT2D eigenvalue weighted by molar-refractivity contribution is 0.198. The van der Waals surface area contributed by atoms with E-state index >= 15 is 0 Å². The van der Waals surface area contributed by atoms with Crippen LogP contribution in [0.25, 0.3) is 0 Å². The van der Waals surface area contributed by atoms with Gasteiger partial charge in [-0.25, -0.2) is 0 Å². The fraction of sp³-hybridized carbons (Fsp3) is 0.632. The minimum Gasteiger partial charge on any atom is -0.370 e. The summed E-state index contributed by atoms with van der Waals surface area (Å²) >= 11 is 0. The van der Waals surface area contributed by atoms with E-state index in [-0.39, 0.29) is 0 Å². The van der Waals surface area contributed by atoms with Crippen LogP contribution in [-0.4, -0.2) is 36.5 Å². The van der Waals surface area contributed by atoms with E-state index in [1.165, 1.54) is 56.3 Å². The molecule has 1 heterocycles. The van der Waals surface area contributed by atoms with Crippen molar-refractivity contribution in [1.82, 2.24) is 4.90 Å². The summed E-state index contributed by atoms with van der Waals surface area (Å²) in [5.74, 6) is 1.14. The number of aliphatic imine (C=N–C) groups is 1. The number of anilines is 1. The summed E-state index contributed by atoms with van der Waals surface area (Å²) in [5, 5.41) is 3.27. The number of likely N-dealkylation sites (tertiary alicyclic amines) is 1. The summed E-state index contributed by atoms with van der Waals surface area (Å²) in [6, 6.07) is 7.06. The van der Waals surface area contributed by atoms with Crippen LogP contribution in [0.1, 0.15) is 44.2 Å². The van der Waals surface area contributed by atoms with Gasteiger partial charge in [-0.1, -0.05) is 19.9 Å². The zero-order chi connectivity index (χ0) is 16.2. The molecule has 3 rings (SSSR count). The van der Waals surface area contributed by atoms with Crippen molar-refractivity contribution in [3.8, 4) is 0 Å². The topological polar surface area (TPSA) is 53.6 Å². The normalized spacial score (nSPS) is 20.0. The Morgan fingerprint density at radius 3 is 2.65 bits per heavy atom. The van der Waals surface area contributed by atoms with Crippen molar-refractivity contribution in [2.24, 2.45) is 16.6 Å². The Kier molecular flexibility index (Phi) is 5.21. The number of hydrogen-bond donors (Lipinski definition) is 2. The zero-order valence-electron chi connectivity index (χ0n) is 14.5. The average Bonchev–Trinajstić information content (AvgIpc) is 3.17. The SMILES string of the molecule is CC(C)C(CN=C(N)Nc1ccc2c(c1)CCC2)N1CCCC1. The number of hydrogen-bond acceptors (Lipinski definition) is 2. The second-order valence-electron chi connectivity index (χ2n) is 7.24. The van der Waals surface area contributed by atoms with Crippen molar-refractivity contribution >= 4 is 11.6 Å². The third kappa shape index (κ3) is 4.05. The van der Waals surface area contributed by atoms with Crippen LogP contribution in [0.4, 0.5) is 5.69 Å². The second kappa shape index (κ2) is 7.35. The molecule has 0 saturated carbocycles. The van der Waals surface area contributed by atoms with E-state index in [0.29, 0.717) is 17.9 Å². The standard InChI is InChI=1S/C19H30N4/c1-14(2)18(23-10-3-4-11-23)13-21-19(20)22-17-9-8-15-6-5-7-16(15)12-17/h8-9,12,14,18H,3-7,10-11,13H2,1-2H3,(H3,20,21,22). The molecule has 1 fully saturated rings. The quantitative estimate of drug-likeness (QED) is 0.649. The van der Waals surface area contributed by atoms with Gasteiger partial charge in [-0.2, -0.15) is 0 Å².